The zero-order chi connectivity index (χ0) is 20.1. The molecule has 0 saturated carbocycles. The number of nitrogens with one attached hydrogen (secondary N) is 1. The van der Waals surface area contributed by atoms with Crippen molar-refractivity contribution in [2.75, 3.05) is 13.7 Å². The maximum atomic E-state index is 12.6. The van der Waals surface area contributed by atoms with Gasteiger partial charge in [-0.25, -0.2) is 13.1 Å². The van der Waals surface area contributed by atoms with Crippen molar-refractivity contribution in [1.82, 2.24) is 4.72 Å². The van der Waals surface area contributed by atoms with Gasteiger partial charge in [0, 0.05) is 5.56 Å². The molecule has 9 heteroatoms. The van der Waals surface area contributed by atoms with Crippen molar-refractivity contribution in [3.05, 3.63) is 60.7 Å². The molecule has 0 fully saturated rings. The van der Waals surface area contributed by atoms with Gasteiger partial charge in [0.1, 0.15) is 16.4 Å². The molecule has 7 nitrogen and oxygen atoms in total. The highest BCUT2D eigenvalue weighted by molar-refractivity contribution is 7.89. The minimum Gasteiger partial charge on any atom is -0.494 e. The molecule has 0 aliphatic heterocycles. The molecular weight excluding hydrogens is 390 g/mol. The zero-order valence-electron chi connectivity index (χ0n) is 15.0. The van der Waals surface area contributed by atoms with Crippen LogP contribution in [0.25, 0.3) is 0 Å². The number of hydrogen-bond acceptors (Lipinski definition) is 6. The highest BCUT2D eigenvalue weighted by Crippen LogP contribution is 2.28. The molecule has 0 heterocycles. The molecular formula is C18H21NO6S2. The molecule has 0 saturated heterocycles. The molecule has 0 bridgehead atoms. The van der Waals surface area contributed by atoms with Crippen LogP contribution in [0.5, 0.6) is 11.5 Å². The van der Waals surface area contributed by atoms with Crippen LogP contribution in [-0.4, -0.2) is 30.5 Å². The summed E-state index contributed by atoms with van der Waals surface area (Å²) in [7, 11) is -6.52. The van der Waals surface area contributed by atoms with Gasteiger partial charge >= 0.3 is 10.1 Å². The van der Waals surface area contributed by atoms with Crippen LogP contribution in [0.1, 0.15) is 12.5 Å². The SMILES string of the molecule is C=CCc1cc(OCC)ccc1OS(=O)(=O)c1ccc(S(=O)(=O)NC)cc1. The Morgan fingerprint density at radius 1 is 1.04 bits per heavy atom. The number of rotatable bonds is 9. The maximum absolute atomic E-state index is 12.6. The molecule has 0 radical (unpaired) electrons. The summed E-state index contributed by atoms with van der Waals surface area (Å²) in [6.07, 6.45) is 2.02. The van der Waals surface area contributed by atoms with E-state index in [0.29, 0.717) is 24.3 Å². The van der Waals surface area contributed by atoms with Crippen molar-refractivity contribution in [3.8, 4) is 11.5 Å². The lowest BCUT2D eigenvalue weighted by molar-refractivity contribution is 0.339. The number of benzene rings is 2. The van der Waals surface area contributed by atoms with E-state index in [4.69, 9.17) is 8.92 Å². The molecule has 0 aliphatic rings. The molecule has 1 N–H and O–H groups in total. The first-order valence-corrected chi connectivity index (χ1v) is 11.0. The Kier molecular flexibility index (Phi) is 6.63. The summed E-state index contributed by atoms with van der Waals surface area (Å²) >= 11 is 0. The second-order valence-corrected chi connectivity index (χ2v) is 8.84. The molecule has 2 aromatic carbocycles. The summed E-state index contributed by atoms with van der Waals surface area (Å²) in [6.45, 7) is 5.99. The second-order valence-electron chi connectivity index (χ2n) is 5.41. The average Bonchev–Trinajstić information content (AvgIpc) is 2.64. The number of allylic oxidation sites excluding steroid dienone is 1. The van der Waals surface area contributed by atoms with Gasteiger partial charge in [0.2, 0.25) is 10.0 Å². The molecule has 2 aromatic rings. The van der Waals surface area contributed by atoms with Gasteiger partial charge < -0.3 is 8.92 Å². The molecule has 2 rings (SSSR count). The van der Waals surface area contributed by atoms with E-state index in [-0.39, 0.29) is 15.5 Å². The highest BCUT2D eigenvalue weighted by atomic mass is 32.2. The number of hydrogen-bond donors (Lipinski definition) is 1. The van der Waals surface area contributed by atoms with E-state index in [9.17, 15) is 16.8 Å². The quantitative estimate of drug-likeness (QED) is 0.503. The molecule has 0 aliphatic carbocycles. The standard InChI is InChI=1S/C18H21NO6S2/c1-4-6-14-13-15(24-5-2)7-12-18(14)25-27(22,23)17-10-8-16(9-11-17)26(20,21)19-3/h4,7-13,19H,1,5-6H2,2-3H3. The predicted molar refractivity (Wildman–Crippen MR) is 102 cm³/mol. The van der Waals surface area contributed by atoms with Crippen molar-refractivity contribution >= 4 is 20.1 Å². The van der Waals surface area contributed by atoms with Crippen LogP contribution in [0.15, 0.2) is 64.9 Å². The van der Waals surface area contributed by atoms with Gasteiger partial charge in [-0.2, -0.15) is 8.42 Å². The summed E-state index contributed by atoms with van der Waals surface area (Å²) in [5.74, 6) is 0.756. The van der Waals surface area contributed by atoms with E-state index in [0.717, 1.165) is 0 Å². The first-order valence-electron chi connectivity index (χ1n) is 8.08. The summed E-state index contributed by atoms with van der Waals surface area (Å²) in [5.41, 5.74) is 0.605. The average molecular weight is 412 g/mol. The van der Waals surface area contributed by atoms with E-state index in [1.54, 1.807) is 18.2 Å². The Bertz CT molecular complexity index is 1010. The van der Waals surface area contributed by atoms with Crippen LogP contribution in [-0.2, 0) is 26.6 Å². The Morgan fingerprint density at radius 2 is 1.67 bits per heavy atom. The zero-order valence-corrected chi connectivity index (χ0v) is 16.6. The van der Waals surface area contributed by atoms with Crippen molar-refractivity contribution in [3.63, 3.8) is 0 Å². The third-order valence-corrected chi connectivity index (χ3v) is 6.28. The molecule has 0 atom stereocenters. The lowest BCUT2D eigenvalue weighted by atomic mass is 10.1. The van der Waals surface area contributed by atoms with Crippen LogP contribution in [0.4, 0.5) is 0 Å². The highest BCUT2D eigenvalue weighted by Gasteiger charge is 2.20. The largest absolute Gasteiger partial charge is 0.494 e. The molecule has 0 amide bonds. The van der Waals surface area contributed by atoms with E-state index < -0.39 is 20.1 Å². The fourth-order valence-electron chi connectivity index (χ4n) is 2.28. The summed E-state index contributed by atoms with van der Waals surface area (Å²) in [5, 5.41) is 0. The van der Waals surface area contributed by atoms with Gasteiger partial charge in [0.25, 0.3) is 0 Å². The van der Waals surface area contributed by atoms with Gasteiger partial charge in [-0.3, -0.25) is 0 Å². The first kappa shape index (κ1) is 20.9. The van der Waals surface area contributed by atoms with Crippen LogP contribution in [0.2, 0.25) is 0 Å². The van der Waals surface area contributed by atoms with Crippen LogP contribution >= 0.6 is 0 Å². The number of ether oxygens (including phenoxy) is 1. The molecule has 0 unspecified atom stereocenters. The van der Waals surface area contributed by atoms with Crippen LogP contribution in [0.3, 0.4) is 0 Å². The summed E-state index contributed by atoms with van der Waals surface area (Å²) in [4.78, 5) is -0.201. The molecule has 0 spiro atoms. The van der Waals surface area contributed by atoms with Gasteiger partial charge in [-0.15, -0.1) is 6.58 Å². The third kappa shape index (κ3) is 5.09. The lowest BCUT2D eigenvalue weighted by Gasteiger charge is -2.13. The molecule has 0 aromatic heterocycles. The van der Waals surface area contributed by atoms with Crippen molar-refractivity contribution in [1.29, 1.82) is 0 Å². The Balaban J connectivity index is 2.34. The first-order chi connectivity index (χ1) is 12.7. The van der Waals surface area contributed by atoms with Gasteiger partial charge in [-0.05, 0) is 62.9 Å². The fourth-order valence-corrected chi connectivity index (χ4v) is 3.97. The van der Waals surface area contributed by atoms with E-state index >= 15 is 0 Å². The molecule has 27 heavy (non-hydrogen) atoms. The fraction of sp³-hybridized carbons (Fsp3) is 0.222. The number of sulfonamides is 1. The topological polar surface area (TPSA) is 98.8 Å². The Hall–Kier alpha value is -2.36. The van der Waals surface area contributed by atoms with Crippen LogP contribution < -0.4 is 13.6 Å². The van der Waals surface area contributed by atoms with E-state index in [1.807, 2.05) is 6.92 Å². The minimum atomic E-state index is -4.14. The summed E-state index contributed by atoms with van der Waals surface area (Å²) < 4.78 is 61.4. The monoisotopic (exact) mass is 411 g/mol. The minimum absolute atomic E-state index is 0.0441. The van der Waals surface area contributed by atoms with E-state index in [2.05, 4.69) is 11.3 Å². The van der Waals surface area contributed by atoms with E-state index in [1.165, 1.54) is 37.4 Å². The van der Waals surface area contributed by atoms with Crippen molar-refractivity contribution in [2.24, 2.45) is 0 Å². The smallest absolute Gasteiger partial charge is 0.339 e. The Morgan fingerprint density at radius 3 is 2.22 bits per heavy atom. The third-order valence-electron chi connectivity index (χ3n) is 3.60. The summed E-state index contributed by atoms with van der Waals surface area (Å²) in [6, 6.07) is 9.59. The molecule has 146 valence electrons. The van der Waals surface area contributed by atoms with Gasteiger partial charge in [0.15, 0.2) is 0 Å². The van der Waals surface area contributed by atoms with Crippen LogP contribution in [0, 0.1) is 0 Å². The van der Waals surface area contributed by atoms with Gasteiger partial charge in [0.05, 0.1) is 11.5 Å². The predicted octanol–water partition coefficient (Wildman–Crippen LogP) is 2.49. The Labute approximate surface area is 159 Å². The van der Waals surface area contributed by atoms with Crippen molar-refractivity contribution < 1.29 is 25.8 Å². The van der Waals surface area contributed by atoms with Crippen molar-refractivity contribution in [2.45, 2.75) is 23.1 Å². The lowest BCUT2D eigenvalue weighted by Crippen LogP contribution is -2.18. The maximum Gasteiger partial charge on any atom is 0.339 e. The normalized spacial score (nSPS) is 11.8. The second kappa shape index (κ2) is 8.55. The van der Waals surface area contributed by atoms with Gasteiger partial charge in [-0.1, -0.05) is 6.08 Å².